The molecule has 0 bridgehead atoms. The maximum atomic E-state index is 12.3. The highest BCUT2D eigenvalue weighted by Gasteiger charge is 2.27. The third-order valence-electron chi connectivity index (χ3n) is 3.56. The summed E-state index contributed by atoms with van der Waals surface area (Å²) in [6.45, 7) is 5.09. The van der Waals surface area contributed by atoms with E-state index >= 15 is 0 Å². The van der Waals surface area contributed by atoms with Crippen LogP contribution in [0.25, 0.3) is 0 Å². The lowest BCUT2D eigenvalue weighted by molar-refractivity contribution is -0.127. The largest absolute Gasteiger partial charge is 0.346 e. The Bertz CT molecular complexity index is 399. The number of H-pyrrole nitrogens is 1. The number of halogens is 1. The molecule has 1 amide bonds. The Labute approximate surface area is 125 Å². The summed E-state index contributed by atoms with van der Waals surface area (Å²) in [6.07, 6.45) is 3.56. The maximum Gasteiger partial charge on any atom is 0.223 e. The molecule has 7 nitrogen and oxygen atoms in total. The fourth-order valence-corrected chi connectivity index (χ4v) is 2.53. The van der Waals surface area contributed by atoms with E-state index in [1.165, 1.54) is 0 Å². The van der Waals surface area contributed by atoms with Crippen LogP contribution in [0.1, 0.15) is 51.4 Å². The fourth-order valence-electron chi connectivity index (χ4n) is 2.53. The van der Waals surface area contributed by atoms with Gasteiger partial charge in [0.25, 0.3) is 0 Å². The number of rotatable bonds is 5. The van der Waals surface area contributed by atoms with Crippen molar-refractivity contribution < 1.29 is 4.79 Å². The van der Waals surface area contributed by atoms with Crippen molar-refractivity contribution in [1.29, 1.82) is 0 Å². The molecule has 0 saturated carbocycles. The van der Waals surface area contributed by atoms with Crippen LogP contribution in [0.3, 0.4) is 0 Å². The van der Waals surface area contributed by atoms with E-state index in [1.807, 2.05) is 0 Å². The number of amides is 1. The van der Waals surface area contributed by atoms with Gasteiger partial charge in [-0.25, -0.2) is 0 Å². The molecule has 0 radical (unpaired) electrons. The van der Waals surface area contributed by atoms with E-state index in [1.54, 1.807) is 0 Å². The average Bonchev–Trinajstić information content (AvgIpc) is 2.92. The van der Waals surface area contributed by atoms with Crippen molar-refractivity contribution in [3.05, 3.63) is 5.82 Å². The summed E-state index contributed by atoms with van der Waals surface area (Å²) in [4.78, 5) is 12.3. The monoisotopic (exact) mass is 302 g/mol. The molecular weight excluding hydrogens is 280 g/mol. The molecule has 1 aliphatic heterocycles. The Balaban J connectivity index is 0.00000200. The number of aromatic nitrogens is 4. The summed E-state index contributed by atoms with van der Waals surface area (Å²) in [7, 11) is 0. The number of hydrogen-bond acceptors (Lipinski definition) is 5. The van der Waals surface area contributed by atoms with Crippen molar-refractivity contribution in [1.82, 2.24) is 31.3 Å². The lowest BCUT2D eigenvalue weighted by atomic mass is 9.92. The zero-order chi connectivity index (χ0) is 13.7. The number of hydrogen-bond donors (Lipinski definition) is 3. The molecule has 1 fully saturated rings. The van der Waals surface area contributed by atoms with Gasteiger partial charge in [0.1, 0.15) is 0 Å². The zero-order valence-corrected chi connectivity index (χ0v) is 12.7. The summed E-state index contributed by atoms with van der Waals surface area (Å²) in [5, 5.41) is 20.4. The number of piperidine rings is 1. The molecule has 3 atom stereocenters. The van der Waals surface area contributed by atoms with Crippen molar-refractivity contribution >= 4 is 18.3 Å². The molecule has 0 spiro atoms. The fraction of sp³-hybridized carbons (Fsp3) is 0.833. The lowest BCUT2D eigenvalue weighted by Crippen LogP contribution is -2.43. The summed E-state index contributed by atoms with van der Waals surface area (Å²) in [5.41, 5.74) is 0. The lowest BCUT2D eigenvalue weighted by Gasteiger charge is -2.28. The molecule has 1 aliphatic rings. The van der Waals surface area contributed by atoms with Crippen LogP contribution in [-0.4, -0.2) is 39.1 Å². The molecule has 1 saturated heterocycles. The first kappa shape index (κ1) is 16.8. The van der Waals surface area contributed by atoms with Gasteiger partial charge in [0, 0.05) is 12.0 Å². The van der Waals surface area contributed by atoms with Crippen molar-refractivity contribution in [3.8, 4) is 0 Å². The van der Waals surface area contributed by atoms with Crippen LogP contribution in [0.4, 0.5) is 0 Å². The second-order valence-corrected chi connectivity index (χ2v) is 5.20. The Kier molecular flexibility index (Phi) is 6.87. The topological polar surface area (TPSA) is 95.6 Å². The number of carbonyl (C=O) groups excluding carboxylic acids is 1. The van der Waals surface area contributed by atoms with E-state index < -0.39 is 0 Å². The number of tetrazole rings is 1. The molecule has 2 heterocycles. The molecule has 114 valence electrons. The SMILES string of the molecule is CCCC(NC(=O)[C@H]1CCN[C@@H](C)C1)c1nn[nH]n1.Cl. The van der Waals surface area contributed by atoms with Gasteiger partial charge in [-0.15, -0.1) is 22.6 Å². The van der Waals surface area contributed by atoms with Crippen LogP contribution >= 0.6 is 12.4 Å². The minimum atomic E-state index is -0.138. The zero-order valence-electron chi connectivity index (χ0n) is 11.9. The summed E-state index contributed by atoms with van der Waals surface area (Å²) in [5.74, 6) is 0.760. The third-order valence-corrected chi connectivity index (χ3v) is 3.56. The summed E-state index contributed by atoms with van der Waals surface area (Å²) in [6, 6.07) is 0.265. The molecule has 2 rings (SSSR count). The maximum absolute atomic E-state index is 12.3. The van der Waals surface area contributed by atoms with Crippen LogP contribution in [0, 0.1) is 5.92 Å². The predicted octanol–water partition coefficient (Wildman–Crippen LogP) is 0.967. The van der Waals surface area contributed by atoms with E-state index in [2.05, 4.69) is 45.1 Å². The molecule has 1 unspecified atom stereocenters. The van der Waals surface area contributed by atoms with Crippen LogP contribution in [0.2, 0.25) is 0 Å². The van der Waals surface area contributed by atoms with Gasteiger partial charge in [-0.2, -0.15) is 5.21 Å². The van der Waals surface area contributed by atoms with E-state index in [0.717, 1.165) is 32.2 Å². The molecule has 1 aromatic heterocycles. The van der Waals surface area contributed by atoms with Gasteiger partial charge >= 0.3 is 0 Å². The third kappa shape index (κ3) is 4.42. The average molecular weight is 303 g/mol. The van der Waals surface area contributed by atoms with Gasteiger partial charge in [0.15, 0.2) is 5.82 Å². The van der Waals surface area contributed by atoms with Crippen molar-refractivity contribution in [3.63, 3.8) is 0 Å². The minimum absolute atomic E-state index is 0. The number of nitrogens with one attached hydrogen (secondary N) is 3. The first-order valence-corrected chi connectivity index (χ1v) is 6.97. The second kappa shape index (κ2) is 8.16. The molecule has 3 N–H and O–H groups in total. The van der Waals surface area contributed by atoms with E-state index in [0.29, 0.717) is 11.9 Å². The first-order chi connectivity index (χ1) is 9.20. The summed E-state index contributed by atoms with van der Waals surface area (Å²) < 4.78 is 0. The Morgan fingerprint density at radius 2 is 2.35 bits per heavy atom. The van der Waals surface area contributed by atoms with Crippen LogP contribution < -0.4 is 10.6 Å². The van der Waals surface area contributed by atoms with E-state index in [9.17, 15) is 4.79 Å². The van der Waals surface area contributed by atoms with Crippen LogP contribution in [-0.2, 0) is 4.79 Å². The molecule has 8 heteroatoms. The van der Waals surface area contributed by atoms with Gasteiger partial charge in [-0.05, 0) is 32.7 Å². The van der Waals surface area contributed by atoms with Crippen LogP contribution in [0.5, 0.6) is 0 Å². The van der Waals surface area contributed by atoms with Crippen molar-refractivity contribution in [2.75, 3.05) is 6.54 Å². The van der Waals surface area contributed by atoms with Crippen molar-refractivity contribution in [2.45, 2.75) is 51.6 Å². The van der Waals surface area contributed by atoms with Gasteiger partial charge < -0.3 is 10.6 Å². The Morgan fingerprint density at radius 3 is 2.95 bits per heavy atom. The molecule has 1 aromatic rings. The molecular formula is C12H23ClN6O. The molecule has 0 aliphatic carbocycles. The van der Waals surface area contributed by atoms with E-state index in [4.69, 9.17) is 0 Å². The van der Waals surface area contributed by atoms with Gasteiger partial charge in [0.2, 0.25) is 5.91 Å². The minimum Gasteiger partial charge on any atom is -0.346 e. The smallest absolute Gasteiger partial charge is 0.223 e. The van der Waals surface area contributed by atoms with Gasteiger partial charge in [-0.3, -0.25) is 4.79 Å². The summed E-state index contributed by atoms with van der Waals surface area (Å²) >= 11 is 0. The Hall–Kier alpha value is -1.21. The van der Waals surface area contributed by atoms with E-state index in [-0.39, 0.29) is 30.3 Å². The molecule has 20 heavy (non-hydrogen) atoms. The predicted molar refractivity (Wildman–Crippen MR) is 77.4 cm³/mol. The number of nitrogens with zero attached hydrogens (tertiary/aromatic N) is 3. The highest BCUT2D eigenvalue weighted by molar-refractivity contribution is 5.85. The quantitative estimate of drug-likeness (QED) is 0.753. The number of aromatic amines is 1. The second-order valence-electron chi connectivity index (χ2n) is 5.20. The van der Waals surface area contributed by atoms with Gasteiger partial charge in [-0.1, -0.05) is 18.6 Å². The molecule has 0 aromatic carbocycles. The standard InChI is InChI=1S/C12H22N6O.ClH/c1-3-4-10(11-15-17-18-16-11)14-12(19)9-5-6-13-8(2)7-9;/h8-10,13H,3-7H2,1-2H3,(H,14,19)(H,15,16,17,18);1H/t8-,9-,10?;/m0./s1. The Morgan fingerprint density at radius 1 is 1.55 bits per heavy atom. The first-order valence-electron chi connectivity index (χ1n) is 6.97. The number of carbonyl (C=O) groups is 1. The van der Waals surface area contributed by atoms with Crippen molar-refractivity contribution in [2.24, 2.45) is 5.92 Å². The van der Waals surface area contributed by atoms with Gasteiger partial charge in [0.05, 0.1) is 6.04 Å². The normalized spacial score (nSPS) is 23.7. The highest BCUT2D eigenvalue weighted by Crippen LogP contribution is 2.19. The van der Waals surface area contributed by atoms with Crippen LogP contribution in [0.15, 0.2) is 0 Å². The highest BCUT2D eigenvalue weighted by atomic mass is 35.5.